The molecule has 0 unspecified atom stereocenters. The normalized spacial score (nSPS) is 8.58. The molecule has 0 saturated heterocycles. The van der Waals surface area contributed by atoms with Crippen molar-refractivity contribution in [1.29, 1.82) is 0 Å². The second kappa shape index (κ2) is 5.07. The molecule has 0 aliphatic carbocycles. The minimum atomic E-state index is -0.386. The van der Waals surface area contributed by atoms with E-state index < -0.39 is 0 Å². The Bertz CT molecular complexity index is 253. The molecule has 0 aromatic heterocycles. The molecular weight excluding hydrogens is 154 g/mol. The molecule has 0 amide bonds. The Hall–Kier alpha value is -0.653. The van der Waals surface area contributed by atoms with Gasteiger partial charge in [0.1, 0.15) is 0 Å². The van der Waals surface area contributed by atoms with Crippen LogP contribution in [0, 0.1) is 11.9 Å². The number of methoxy groups -OCH3 is 2. The van der Waals surface area contributed by atoms with Crippen LogP contribution in [0.1, 0.15) is 0 Å². The molecule has 0 N–H and O–H groups in total. The molecular formula is C8H8FLiO2. The van der Waals surface area contributed by atoms with Crippen LogP contribution in [0.4, 0.5) is 4.39 Å². The van der Waals surface area contributed by atoms with E-state index in [1.54, 1.807) is 0 Å². The van der Waals surface area contributed by atoms with Crippen LogP contribution in [-0.2, 0) is 0 Å². The molecule has 60 valence electrons. The summed E-state index contributed by atoms with van der Waals surface area (Å²) in [5.74, 6) is 0.379. The summed E-state index contributed by atoms with van der Waals surface area (Å²) in [5, 5.41) is 0. The van der Waals surface area contributed by atoms with E-state index in [0.717, 1.165) is 0 Å². The summed E-state index contributed by atoms with van der Waals surface area (Å²) >= 11 is 0. The van der Waals surface area contributed by atoms with E-state index >= 15 is 0 Å². The summed E-state index contributed by atoms with van der Waals surface area (Å²) in [6, 6.07) is 5.02. The predicted octanol–water partition coefficient (Wildman–Crippen LogP) is -1.35. The summed E-state index contributed by atoms with van der Waals surface area (Å²) in [5.41, 5.74) is 0. The van der Waals surface area contributed by atoms with Crippen LogP contribution >= 0.6 is 0 Å². The van der Waals surface area contributed by atoms with E-state index in [-0.39, 0.29) is 24.7 Å². The third-order valence-corrected chi connectivity index (χ3v) is 1.26. The summed E-state index contributed by atoms with van der Waals surface area (Å²) < 4.78 is 22.2. The maximum absolute atomic E-state index is 12.5. The standard InChI is InChI=1S/C8H8FO2.Li/c1-10-7-4-3-6(9)5-8(7)11-2;/h3,5H,1-2H3;/q-1;+1. The second-order valence-electron chi connectivity index (χ2n) is 1.92. The molecule has 2 nitrogen and oxygen atoms in total. The van der Waals surface area contributed by atoms with Crippen molar-refractivity contribution in [3.05, 3.63) is 24.0 Å². The molecule has 0 aliphatic heterocycles. The third kappa shape index (κ3) is 2.44. The van der Waals surface area contributed by atoms with Crippen molar-refractivity contribution in [3.63, 3.8) is 0 Å². The first kappa shape index (κ1) is 11.3. The van der Waals surface area contributed by atoms with Gasteiger partial charge in [-0.3, -0.25) is 4.39 Å². The van der Waals surface area contributed by atoms with Gasteiger partial charge in [-0.2, -0.15) is 0 Å². The van der Waals surface area contributed by atoms with Crippen LogP contribution in [0.2, 0.25) is 0 Å². The third-order valence-electron chi connectivity index (χ3n) is 1.26. The van der Waals surface area contributed by atoms with Gasteiger partial charge in [0, 0.05) is 11.6 Å². The number of hydrogen-bond acceptors (Lipinski definition) is 2. The van der Waals surface area contributed by atoms with Gasteiger partial charge >= 0.3 is 18.9 Å². The zero-order valence-corrected chi connectivity index (χ0v) is 7.35. The average Bonchev–Trinajstić information content (AvgIpc) is 2.04. The van der Waals surface area contributed by atoms with Crippen LogP contribution in [0.5, 0.6) is 11.5 Å². The summed E-state index contributed by atoms with van der Waals surface area (Å²) in [6.07, 6.45) is 0. The number of ether oxygens (including phenoxy) is 2. The molecule has 0 aliphatic rings. The molecule has 0 spiro atoms. The van der Waals surface area contributed by atoms with Gasteiger partial charge in [0.25, 0.3) is 0 Å². The molecule has 0 bridgehead atoms. The van der Waals surface area contributed by atoms with Crippen molar-refractivity contribution in [2.75, 3.05) is 14.2 Å². The van der Waals surface area contributed by atoms with Crippen molar-refractivity contribution in [1.82, 2.24) is 0 Å². The fourth-order valence-electron chi connectivity index (χ4n) is 0.749. The van der Waals surface area contributed by atoms with Crippen LogP contribution in [0.25, 0.3) is 0 Å². The number of hydrogen-bond donors (Lipinski definition) is 0. The molecule has 0 heterocycles. The quantitative estimate of drug-likeness (QED) is 0.395. The molecule has 12 heavy (non-hydrogen) atoms. The van der Waals surface area contributed by atoms with Crippen LogP contribution in [0.3, 0.4) is 0 Å². The topological polar surface area (TPSA) is 18.5 Å². The Kier molecular flexibility index (Phi) is 4.80. The first-order valence-electron chi connectivity index (χ1n) is 3.07. The molecule has 1 rings (SSSR count). The maximum Gasteiger partial charge on any atom is 1.00 e. The SMILES string of the molecule is COc1[c-]cc(F)cc1OC.[Li+]. The maximum atomic E-state index is 12.5. The minimum absolute atomic E-state index is 0. The first-order chi connectivity index (χ1) is 5.27. The van der Waals surface area contributed by atoms with Gasteiger partial charge in [-0.15, -0.1) is 12.1 Å². The molecule has 1 aromatic carbocycles. The molecule has 0 fully saturated rings. The Labute approximate surface area is 82.9 Å². The number of halogens is 1. The van der Waals surface area contributed by atoms with E-state index in [0.29, 0.717) is 11.5 Å². The second-order valence-corrected chi connectivity index (χ2v) is 1.92. The molecule has 0 saturated carbocycles. The Morgan fingerprint density at radius 1 is 1.33 bits per heavy atom. The van der Waals surface area contributed by atoms with E-state index in [2.05, 4.69) is 6.07 Å². The molecule has 4 heteroatoms. The van der Waals surface area contributed by atoms with Gasteiger partial charge in [0.2, 0.25) is 0 Å². The van der Waals surface area contributed by atoms with Crippen LogP contribution < -0.4 is 28.3 Å². The summed E-state index contributed by atoms with van der Waals surface area (Å²) in [7, 11) is 2.93. The smallest absolute Gasteiger partial charge is 0.550 e. The largest absolute Gasteiger partial charge is 1.00 e. The summed E-state index contributed by atoms with van der Waals surface area (Å²) in [4.78, 5) is 0. The monoisotopic (exact) mass is 162 g/mol. The number of benzene rings is 1. The van der Waals surface area contributed by atoms with Gasteiger partial charge in [0.05, 0.1) is 20.0 Å². The molecule has 0 radical (unpaired) electrons. The first-order valence-corrected chi connectivity index (χ1v) is 3.07. The van der Waals surface area contributed by atoms with Gasteiger partial charge in [-0.1, -0.05) is 6.07 Å². The molecule has 1 aromatic rings. The Balaban J connectivity index is 0.00000121. The Morgan fingerprint density at radius 2 is 2.00 bits per heavy atom. The zero-order chi connectivity index (χ0) is 8.27. The predicted molar refractivity (Wildman–Crippen MR) is 38.3 cm³/mol. The fourth-order valence-corrected chi connectivity index (χ4v) is 0.749. The van der Waals surface area contributed by atoms with Crippen LogP contribution in [0.15, 0.2) is 12.1 Å². The van der Waals surface area contributed by atoms with Crippen LogP contribution in [-0.4, -0.2) is 14.2 Å². The Morgan fingerprint density at radius 3 is 2.50 bits per heavy atom. The van der Waals surface area contributed by atoms with E-state index in [1.807, 2.05) is 0 Å². The van der Waals surface area contributed by atoms with Crippen molar-refractivity contribution in [3.8, 4) is 11.5 Å². The van der Waals surface area contributed by atoms with Gasteiger partial charge < -0.3 is 9.47 Å². The van der Waals surface area contributed by atoms with Crippen molar-refractivity contribution >= 4 is 0 Å². The van der Waals surface area contributed by atoms with E-state index in [9.17, 15) is 4.39 Å². The van der Waals surface area contributed by atoms with Crippen molar-refractivity contribution in [2.45, 2.75) is 0 Å². The summed E-state index contributed by atoms with van der Waals surface area (Å²) in [6.45, 7) is 0. The number of rotatable bonds is 2. The van der Waals surface area contributed by atoms with Crippen molar-refractivity contribution < 1.29 is 32.7 Å². The molecule has 0 atom stereocenters. The van der Waals surface area contributed by atoms with E-state index in [4.69, 9.17) is 9.47 Å². The van der Waals surface area contributed by atoms with Gasteiger partial charge in [-0.05, 0) is 0 Å². The van der Waals surface area contributed by atoms with E-state index in [1.165, 1.54) is 26.4 Å². The van der Waals surface area contributed by atoms with Crippen molar-refractivity contribution in [2.24, 2.45) is 0 Å². The van der Waals surface area contributed by atoms with Gasteiger partial charge in [0.15, 0.2) is 0 Å². The zero-order valence-electron chi connectivity index (χ0n) is 7.35. The van der Waals surface area contributed by atoms with Gasteiger partial charge in [-0.25, -0.2) is 0 Å². The minimum Gasteiger partial charge on any atom is -0.550 e. The fraction of sp³-hybridized carbons (Fsp3) is 0.250. The average molecular weight is 162 g/mol.